The van der Waals surface area contributed by atoms with Gasteiger partial charge in [-0.2, -0.15) is 0 Å². The van der Waals surface area contributed by atoms with Crippen LogP contribution in [0.5, 0.6) is 0 Å². The minimum absolute atomic E-state index is 0.258. The number of rotatable bonds is 4. The van der Waals surface area contributed by atoms with Gasteiger partial charge >= 0.3 is 6.09 Å². The Morgan fingerprint density at radius 1 is 1.00 bits per heavy atom. The van der Waals surface area contributed by atoms with Gasteiger partial charge in [-0.05, 0) is 30.3 Å². The van der Waals surface area contributed by atoms with Crippen molar-refractivity contribution >= 4 is 23.2 Å². The van der Waals surface area contributed by atoms with Crippen molar-refractivity contribution in [3.63, 3.8) is 0 Å². The lowest BCUT2D eigenvalue weighted by Gasteiger charge is -2.37. The Kier molecular flexibility index (Phi) is 4.85. The maximum absolute atomic E-state index is 14.8. The van der Waals surface area contributed by atoms with E-state index in [9.17, 15) is 9.18 Å². The number of cyclic esters (lactones) is 1. The molecule has 2 N–H and O–H groups in total. The van der Waals surface area contributed by atoms with Gasteiger partial charge in [-0.15, -0.1) is 0 Å². The molecule has 2 heterocycles. The summed E-state index contributed by atoms with van der Waals surface area (Å²) in [5.41, 5.74) is 7.81. The first-order valence-electron chi connectivity index (χ1n) is 9.18. The largest absolute Gasteiger partial charge is 0.443 e. The fraction of sp³-hybridized carbons (Fsp3) is 0.350. The fourth-order valence-electron chi connectivity index (χ4n) is 3.62. The minimum Gasteiger partial charge on any atom is -0.443 e. The van der Waals surface area contributed by atoms with E-state index in [1.54, 1.807) is 12.1 Å². The van der Waals surface area contributed by atoms with Crippen LogP contribution in [0, 0.1) is 5.82 Å². The molecule has 0 bridgehead atoms. The van der Waals surface area contributed by atoms with E-state index in [0.717, 1.165) is 26.2 Å². The summed E-state index contributed by atoms with van der Waals surface area (Å²) in [6.45, 7) is 3.76. The van der Waals surface area contributed by atoms with E-state index < -0.39 is 6.09 Å². The normalized spacial score (nSPS) is 20.1. The molecule has 4 rings (SSSR count). The average Bonchev–Trinajstić information content (AvgIpc) is 3.10. The molecule has 7 heteroatoms. The van der Waals surface area contributed by atoms with Gasteiger partial charge in [-0.1, -0.05) is 18.2 Å². The molecule has 0 aromatic heterocycles. The molecule has 0 aliphatic carbocycles. The number of hydrogen-bond acceptors (Lipinski definition) is 5. The van der Waals surface area contributed by atoms with Gasteiger partial charge in [0.1, 0.15) is 11.9 Å². The third-order valence-corrected chi connectivity index (χ3v) is 5.12. The summed E-state index contributed by atoms with van der Waals surface area (Å²) in [5.74, 6) is -0.329. The first-order valence-corrected chi connectivity index (χ1v) is 9.18. The summed E-state index contributed by atoms with van der Waals surface area (Å²) >= 11 is 0. The van der Waals surface area contributed by atoms with Crippen LogP contribution in [-0.2, 0) is 4.74 Å². The van der Waals surface area contributed by atoms with Gasteiger partial charge in [-0.25, -0.2) is 9.18 Å². The van der Waals surface area contributed by atoms with Crippen molar-refractivity contribution in [2.45, 2.75) is 6.10 Å². The molecular weight excluding hydrogens is 347 g/mol. The molecule has 1 amide bonds. The molecule has 2 aromatic rings. The van der Waals surface area contributed by atoms with Crippen LogP contribution < -0.4 is 20.4 Å². The number of carbonyl (C=O) groups excluding carboxylic acids is 1. The van der Waals surface area contributed by atoms with E-state index in [0.29, 0.717) is 17.9 Å². The van der Waals surface area contributed by atoms with Gasteiger partial charge in [0, 0.05) is 38.4 Å². The molecule has 27 heavy (non-hydrogen) atoms. The van der Waals surface area contributed by atoms with Crippen LogP contribution in [0.3, 0.4) is 0 Å². The molecule has 2 aromatic carbocycles. The van der Waals surface area contributed by atoms with Crippen molar-refractivity contribution in [3.05, 3.63) is 54.3 Å². The van der Waals surface area contributed by atoms with Crippen LogP contribution in [0.4, 0.5) is 26.2 Å². The van der Waals surface area contributed by atoms with Crippen molar-refractivity contribution in [1.82, 2.24) is 0 Å². The maximum atomic E-state index is 14.8. The lowest BCUT2D eigenvalue weighted by Crippen LogP contribution is -2.46. The Morgan fingerprint density at radius 3 is 2.33 bits per heavy atom. The minimum atomic E-state index is -0.478. The van der Waals surface area contributed by atoms with Crippen LogP contribution in [0.15, 0.2) is 48.5 Å². The summed E-state index contributed by atoms with van der Waals surface area (Å²) in [6.07, 6.45) is -0.819. The number of ether oxygens (including phenoxy) is 1. The van der Waals surface area contributed by atoms with Gasteiger partial charge in [0.25, 0.3) is 0 Å². The van der Waals surface area contributed by atoms with Crippen molar-refractivity contribution in [2.24, 2.45) is 5.73 Å². The fourth-order valence-corrected chi connectivity index (χ4v) is 3.62. The number of hydrogen-bond donors (Lipinski definition) is 1. The molecule has 0 radical (unpaired) electrons. The Labute approximate surface area is 157 Å². The predicted molar refractivity (Wildman–Crippen MR) is 104 cm³/mol. The first kappa shape index (κ1) is 17.6. The van der Waals surface area contributed by atoms with E-state index >= 15 is 0 Å². The average molecular weight is 370 g/mol. The Bertz CT molecular complexity index is 809. The molecule has 142 valence electrons. The van der Waals surface area contributed by atoms with E-state index in [1.165, 1.54) is 16.7 Å². The zero-order valence-corrected chi connectivity index (χ0v) is 15.1. The Hall–Kier alpha value is -2.80. The molecular formula is C20H23FN4O2. The quantitative estimate of drug-likeness (QED) is 0.896. The third kappa shape index (κ3) is 3.55. The van der Waals surface area contributed by atoms with Crippen molar-refractivity contribution in [2.75, 3.05) is 54.0 Å². The third-order valence-electron chi connectivity index (χ3n) is 5.12. The number of benzene rings is 2. The topological polar surface area (TPSA) is 62.0 Å². The number of piperazine rings is 1. The van der Waals surface area contributed by atoms with Gasteiger partial charge in [0.05, 0.1) is 17.9 Å². The Morgan fingerprint density at radius 2 is 1.70 bits per heavy atom. The highest BCUT2D eigenvalue weighted by Crippen LogP contribution is 2.29. The second-order valence-corrected chi connectivity index (χ2v) is 6.80. The van der Waals surface area contributed by atoms with Crippen molar-refractivity contribution in [1.29, 1.82) is 0 Å². The number of nitrogens with two attached hydrogens (primary N) is 1. The van der Waals surface area contributed by atoms with Gasteiger partial charge in [0.15, 0.2) is 0 Å². The SMILES string of the molecule is NC[C@H]1CN(c2ccc(N3CCN(c4ccccc4)CC3)c(F)c2)C(=O)O1. The summed E-state index contributed by atoms with van der Waals surface area (Å²) in [7, 11) is 0. The van der Waals surface area contributed by atoms with Gasteiger partial charge in [-0.3, -0.25) is 4.90 Å². The Balaban J connectivity index is 1.44. The molecule has 0 unspecified atom stereocenters. The molecule has 1 atom stereocenters. The number of carbonyl (C=O) groups is 1. The van der Waals surface area contributed by atoms with Gasteiger partial charge < -0.3 is 20.3 Å². The first-order chi connectivity index (χ1) is 13.2. The highest BCUT2D eigenvalue weighted by atomic mass is 19.1. The summed E-state index contributed by atoms with van der Waals surface area (Å²) in [5, 5.41) is 0. The van der Waals surface area contributed by atoms with E-state index in [-0.39, 0.29) is 18.5 Å². The van der Waals surface area contributed by atoms with E-state index in [1.807, 2.05) is 23.1 Å². The molecule has 2 aliphatic heterocycles. The summed E-state index contributed by atoms with van der Waals surface area (Å²) < 4.78 is 19.9. The summed E-state index contributed by atoms with van der Waals surface area (Å²) in [4.78, 5) is 17.7. The zero-order chi connectivity index (χ0) is 18.8. The second kappa shape index (κ2) is 7.44. The highest BCUT2D eigenvalue weighted by molar-refractivity contribution is 5.90. The molecule has 0 saturated carbocycles. The van der Waals surface area contributed by atoms with Crippen molar-refractivity contribution in [3.8, 4) is 0 Å². The second-order valence-electron chi connectivity index (χ2n) is 6.80. The monoisotopic (exact) mass is 370 g/mol. The standard InChI is InChI=1S/C20H23FN4O2/c21-18-12-16(25-14-17(13-22)27-20(25)26)6-7-19(18)24-10-8-23(9-11-24)15-4-2-1-3-5-15/h1-7,12,17H,8-11,13-14,22H2/t17-/m0/s1. The molecule has 2 aliphatic rings. The van der Waals surface area contributed by atoms with E-state index in [4.69, 9.17) is 10.5 Å². The number of halogens is 1. The van der Waals surface area contributed by atoms with Crippen LogP contribution >= 0.6 is 0 Å². The van der Waals surface area contributed by atoms with Crippen LogP contribution in [0.1, 0.15) is 0 Å². The smallest absolute Gasteiger partial charge is 0.414 e. The van der Waals surface area contributed by atoms with Crippen LogP contribution in [0.25, 0.3) is 0 Å². The number of para-hydroxylation sites is 1. The lowest BCUT2D eigenvalue weighted by molar-refractivity contribution is 0.145. The van der Waals surface area contributed by atoms with Crippen LogP contribution in [-0.4, -0.2) is 51.5 Å². The number of nitrogens with zero attached hydrogens (tertiary/aromatic N) is 3. The maximum Gasteiger partial charge on any atom is 0.414 e. The number of anilines is 3. The van der Waals surface area contributed by atoms with Gasteiger partial charge in [0.2, 0.25) is 0 Å². The summed E-state index contributed by atoms with van der Waals surface area (Å²) in [6, 6.07) is 15.1. The van der Waals surface area contributed by atoms with Crippen LogP contribution in [0.2, 0.25) is 0 Å². The van der Waals surface area contributed by atoms with E-state index in [2.05, 4.69) is 17.0 Å². The highest BCUT2D eigenvalue weighted by Gasteiger charge is 2.32. The molecule has 6 nitrogen and oxygen atoms in total. The molecule has 2 saturated heterocycles. The number of amides is 1. The lowest BCUT2D eigenvalue weighted by atomic mass is 10.2. The van der Waals surface area contributed by atoms with Crippen molar-refractivity contribution < 1.29 is 13.9 Å². The molecule has 2 fully saturated rings. The molecule has 0 spiro atoms. The predicted octanol–water partition coefficient (Wildman–Crippen LogP) is 2.44. The zero-order valence-electron chi connectivity index (χ0n) is 15.1.